The van der Waals surface area contributed by atoms with Crippen LogP contribution < -0.4 is 11.1 Å². The van der Waals surface area contributed by atoms with Crippen molar-refractivity contribution in [1.82, 2.24) is 20.5 Å². The van der Waals surface area contributed by atoms with Crippen LogP contribution in [0.3, 0.4) is 0 Å². The van der Waals surface area contributed by atoms with Gasteiger partial charge in [0, 0.05) is 18.5 Å². The predicted octanol–water partition coefficient (Wildman–Crippen LogP) is 1.38. The van der Waals surface area contributed by atoms with E-state index >= 15 is 0 Å². The van der Waals surface area contributed by atoms with Crippen molar-refractivity contribution >= 4 is 11.9 Å². The number of amides is 1. The Balaban J connectivity index is 1.88. The van der Waals surface area contributed by atoms with Gasteiger partial charge in [0.25, 0.3) is 5.91 Å². The Kier molecular flexibility index (Phi) is 4.10. The largest absolute Gasteiger partial charge is 0.416 e. The second-order valence-electron chi connectivity index (χ2n) is 4.22. The van der Waals surface area contributed by atoms with Crippen LogP contribution in [0.1, 0.15) is 21.7 Å². The van der Waals surface area contributed by atoms with E-state index in [2.05, 4.69) is 20.5 Å². The Bertz CT molecular complexity index is 621. The Hall–Kier alpha value is -2.58. The number of carbonyl (C=O) groups excluding carboxylic acids is 1. The molecule has 4 N–H and O–H groups in total. The molecule has 0 fully saturated rings. The van der Waals surface area contributed by atoms with Gasteiger partial charge in [-0.2, -0.15) is 18.2 Å². The molecule has 0 bridgehead atoms. The smallest absolute Gasteiger partial charge is 0.367 e. The lowest BCUT2D eigenvalue weighted by Crippen LogP contribution is -2.26. The van der Waals surface area contributed by atoms with Gasteiger partial charge in [0.05, 0.1) is 5.56 Å². The molecule has 6 nitrogen and oxygen atoms in total. The fourth-order valence-electron chi connectivity index (χ4n) is 1.63. The SMILES string of the molecule is Nc1n[nH]c(CCNC(=O)c2ccc(C(F)(F)F)cc2)n1. The number of hydrogen-bond acceptors (Lipinski definition) is 4. The summed E-state index contributed by atoms with van der Waals surface area (Å²) in [6.45, 7) is 0.258. The molecule has 2 rings (SSSR count). The standard InChI is InChI=1S/C12H12F3N5O/c13-12(14,15)8-3-1-7(2-4-8)10(21)17-6-5-9-18-11(16)20-19-9/h1-4H,5-6H2,(H,17,21)(H3,16,18,19,20). The maximum absolute atomic E-state index is 12.4. The zero-order chi connectivity index (χ0) is 15.5. The summed E-state index contributed by atoms with van der Waals surface area (Å²) in [5.41, 5.74) is 4.68. The molecule has 0 saturated heterocycles. The van der Waals surface area contributed by atoms with Crippen molar-refractivity contribution in [3.8, 4) is 0 Å². The molecule has 0 saturated carbocycles. The molecule has 0 atom stereocenters. The average molecular weight is 299 g/mol. The van der Waals surface area contributed by atoms with Crippen molar-refractivity contribution in [3.05, 3.63) is 41.2 Å². The van der Waals surface area contributed by atoms with E-state index in [-0.39, 0.29) is 18.1 Å². The maximum atomic E-state index is 12.4. The molecular formula is C12H12F3N5O. The Labute approximate surface area is 117 Å². The van der Waals surface area contributed by atoms with E-state index < -0.39 is 17.6 Å². The van der Waals surface area contributed by atoms with Crippen LogP contribution in [0.4, 0.5) is 19.1 Å². The van der Waals surface area contributed by atoms with Crippen LogP contribution in [0.2, 0.25) is 0 Å². The van der Waals surface area contributed by atoms with Gasteiger partial charge < -0.3 is 11.1 Å². The molecule has 21 heavy (non-hydrogen) atoms. The fraction of sp³-hybridized carbons (Fsp3) is 0.250. The number of H-pyrrole nitrogens is 1. The van der Waals surface area contributed by atoms with Gasteiger partial charge in [0.2, 0.25) is 5.95 Å². The molecule has 1 amide bonds. The van der Waals surface area contributed by atoms with Gasteiger partial charge in [0.15, 0.2) is 0 Å². The minimum atomic E-state index is -4.42. The number of halogens is 3. The lowest BCUT2D eigenvalue weighted by Gasteiger charge is -2.08. The van der Waals surface area contributed by atoms with Gasteiger partial charge in [-0.3, -0.25) is 9.89 Å². The molecule has 1 aromatic carbocycles. The monoisotopic (exact) mass is 299 g/mol. The number of nitrogen functional groups attached to an aromatic ring is 1. The van der Waals surface area contributed by atoms with Crippen molar-refractivity contribution in [3.63, 3.8) is 0 Å². The quantitative estimate of drug-likeness (QED) is 0.794. The molecule has 0 aliphatic rings. The molecular weight excluding hydrogens is 287 g/mol. The van der Waals surface area contributed by atoms with E-state index in [0.717, 1.165) is 24.3 Å². The van der Waals surface area contributed by atoms with Crippen LogP contribution in [0.15, 0.2) is 24.3 Å². The topological polar surface area (TPSA) is 96.7 Å². The molecule has 9 heteroatoms. The summed E-state index contributed by atoms with van der Waals surface area (Å²) in [6, 6.07) is 3.99. The second-order valence-corrected chi connectivity index (χ2v) is 4.22. The number of aromatic nitrogens is 3. The highest BCUT2D eigenvalue weighted by atomic mass is 19.4. The van der Waals surface area contributed by atoms with Gasteiger partial charge in [-0.05, 0) is 24.3 Å². The zero-order valence-electron chi connectivity index (χ0n) is 10.7. The molecule has 0 aliphatic carbocycles. The van der Waals surface area contributed by atoms with Crippen LogP contribution in [0.25, 0.3) is 0 Å². The molecule has 0 aliphatic heterocycles. The van der Waals surface area contributed by atoms with Crippen molar-refractivity contribution in [2.75, 3.05) is 12.3 Å². The number of anilines is 1. The van der Waals surface area contributed by atoms with Crippen LogP contribution in [-0.4, -0.2) is 27.6 Å². The van der Waals surface area contributed by atoms with E-state index in [0.29, 0.717) is 12.2 Å². The van der Waals surface area contributed by atoms with E-state index in [9.17, 15) is 18.0 Å². The van der Waals surface area contributed by atoms with Crippen molar-refractivity contribution in [2.24, 2.45) is 0 Å². The summed E-state index contributed by atoms with van der Waals surface area (Å²) in [4.78, 5) is 15.6. The minimum Gasteiger partial charge on any atom is -0.367 e. The predicted molar refractivity (Wildman–Crippen MR) is 68.3 cm³/mol. The molecule has 0 spiro atoms. The summed E-state index contributed by atoms with van der Waals surface area (Å²) in [5, 5.41) is 8.77. The summed E-state index contributed by atoms with van der Waals surface area (Å²) in [7, 11) is 0. The number of alkyl halides is 3. The first-order valence-corrected chi connectivity index (χ1v) is 5.98. The van der Waals surface area contributed by atoms with Gasteiger partial charge in [-0.15, -0.1) is 5.10 Å². The maximum Gasteiger partial charge on any atom is 0.416 e. The van der Waals surface area contributed by atoms with Gasteiger partial charge in [-0.25, -0.2) is 0 Å². The molecule has 1 heterocycles. The highest BCUT2D eigenvalue weighted by Gasteiger charge is 2.30. The number of rotatable bonds is 4. The number of nitrogens with two attached hydrogens (primary N) is 1. The number of nitrogens with one attached hydrogen (secondary N) is 2. The average Bonchev–Trinajstić information content (AvgIpc) is 2.83. The third kappa shape index (κ3) is 3.94. The molecule has 0 unspecified atom stereocenters. The highest BCUT2D eigenvalue weighted by Crippen LogP contribution is 2.28. The van der Waals surface area contributed by atoms with Crippen LogP contribution in [-0.2, 0) is 12.6 Å². The first-order valence-electron chi connectivity index (χ1n) is 5.98. The third-order valence-electron chi connectivity index (χ3n) is 2.67. The first-order chi connectivity index (χ1) is 9.86. The third-order valence-corrected chi connectivity index (χ3v) is 2.67. The summed E-state index contributed by atoms with van der Waals surface area (Å²) in [5.74, 6) is 0.162. The van der Waals surface area contributed by atoms with E-state index in [1.165, 1.54) is 0 Å². The van der Waals surface area contributed by atoms with Crippen molar-refractivity contribution in [2.45, 2.75) is 12.6 Å². The first kappa shape index (κ1) is 14.8. The molecule has 0 radical (unpaired) electrons. The van der Waals surface area contributed by atoms with Crippen LogP contribution in [0, 0.1) is 0 Å². The molecule has 112 valence electrons. The van der Waals surface area contributed by atoms with E-state index in [1.54, 1.807) is 0 Å². The Morgan fingerprint density at radius 3 is 2.48 bits per heavy atom. The lowest BCUT2D eigenvalue weighted by molar-refractivity contribution is -0.137. The van der Waals surface area contributed by atoms with Crippen LogP contribution in [0.5, 0.6) is 0 Å². The summed E-state index contributed by atoms with van der Waals surface area (Å²) >= 11 is 0. The number of nitrogens with zero attached hydrogens (tertiary/aromatic N) is 2. The minimum absolute atomic E-state index is 0.110. The summed E-state index contributed by atoms with van der Waals surface area (Å²) < 4.78 is 37.2. The molecule has 1 aromatic heterocycles. The number of benzene rings is 1. The normalized spacial score (nSPS) is 11.4. The van der Waals surface area contributed by atoms with Gasteiger partial charge in [0.1, 0.15) is 5.82 Å². The summed E-state index contributed by atoms with van der Waals surface area (Å²) in [6.07, 6.45) is -4.03. The van der Waals surface area contributed by atoms with E-state index in [1.807, 2.05) is 0 Å². The Morgan fingerprint density at radius 2 is 1.95 bits per heavy atom. The van der Waals surface area contributed by atoms with Crippen molar-refractivity contribution < 1.29 is 18.0 Å². The second kappa shape index (κ2) is 5.81. The highest BCUT2D eigenvalue weighted by molar-refractivity contribution is 5.94. The van der Waals surface area contributed by atoms with Crippen molar-refractivity contribution in [1.29, 1.82) is 0 Å². The Morgan fingerprint density at radius 1 is 1.29 bits per heavy atom. The van der Waals surface area contributed by atoms with Gasteiger partial charge in [-0.1, -0.05) is 0 Å². The lowest BCUT2D eigenvalue weighted by atomic mass is 10.1. The zero-order valence-corrected chi connectivity index (χ0v) is 10.7. The number of hydrogen-bond donors (Lipinski definition) is 3. The molecule has 2 aromatic rings. The van der Waals surface area contributed by atoms with Gasteiger partial charge >= 0.3 is 6.18 Å². The number of aromatic amines is 1. The fourth-order valence-corrected chi connectivity index (χ4v) is 1.63. The number of carbonyl (C=O) groups is 1. The van der Waals surface area contributed by atoms with E-state index in [4.69, 9.17) is 5.73 Å². The van der Waals surface area contributed by atoms with Crippen LogP contribution >= 0.6 is 0 Å².